The summed E-state index contributed by atoms with van der Waals surface area (Å²) in [5.41, 5.74) is 0.238. The Balaban J connectivity index is 1.66. The van der Waals surface area contributed by atoms with Crippen LogP contribution in [0.5, 0.6) is 5.75 Å². The van der Waals surface area contributed by atoms with Gasteiger partial charge in [-0.2, -0.15) is 13.2 Å². The van der Waals surface area contributed by atoms with Crippen molar-refractivity contribution in [3.63, 3.8) is 0 Å². The SMILES string of the molecule is COC(=O)C(NC(=O)c1cc(-c2ccc(OCc3ccccc3C(F)(F)F)cc2)no1)C(C)C. The molecule has 1 atom stereocenters. The van der Waals surface area contributed by atoms with Crippen LogP contribution >= 0.6 is 0 Å². The lowest BCUT2D eigenvalue weighted by Gasteiger charge is -2.18. The van der Waals surface area contributed by atoms with Crippen LogP contribution in [0.2, 0.25) is 0 Å². The summed E-state index contributed by atoms with van der Waals surface area (Å²) in [5.74, 6) is -1.12. The molecule has 180 valence electrons. The summed E-state index contributed by atoms with van der Waals surface area (Å²) in [6, 6.07) is 12.2. The van der Waals surface area contributed by atoms with Gasteiger partial charge in [-0.15, -0.1) is 0 Å². The number of nitrogens with one attached hydrogen (secondary N) is 1. The fourth-order valence-corrected chi connectivity index (χ4v) is 3.16. The first-order valence-corrected chi connectivity index (χ1v) is 10.3. The summed E-state index contributed by atoms with van der Waals surface area (Å²) in [6.07, 6.45) is -4.47. The van der Waals surface area contributed by atoms with E-state index in [1.54, 1.807) is 38.1 Å². The molecule has 0 bridgehead atoms. The Bertz CT molecular complexity index is 1140. The van der Waals surface area contributed by atoms with Gasteiger partial charge >= 0.3 is 12.1 Å². The lowest BCUT2D eigenvalue weighted by molar-refractivity contribution is -0.144. The van der Waals surface area contributed by atoms with Crippen LogP contribution < -0.4 is 10.1 Å². The Labute approximate surface area is 193 Å². The van der Waals surface area contributed by atoms with E-state index in [1.165, 1.54) is 31.4 Å². The number of esters is 1. The van der Waals surface area contributed by atoms with Gasteiger partial charge in [-0.3, -0.25) is 4.79 Å². The average molecular weight is 476 g/mol. The number of alkyl halides is 3. The third-order valence-electron chi connectivity index (χ3n) is 5.01. The molecule has 0 fully saturated rings. The number of methoxy groups -OCH3 is 1. The Hall–Kier alpha value is -3.82. The van der Waals surface area contributed by atoms with Gasteiger partial charge in [0.1, 0.15) is 24.1 Å². The number of halogens is 3. The van der Waals surface area contributed by atoms with Gasteiger partial charge in [0.2, 0.25) is 5.76 Å². The number of carbonyl (C=O) groups excluding carboxylic acids is 2. The predicted molar refractivity (Wildman–Crippen MR) is 116 cm³/mol. The number of hydrogen-bond acceptors (Lipinski definition) is 6. The Kier molecular flexibility index (Phi) is 7.60. The van der Waals surface area contributed by atoms with Crippen LogP contribution in [0.1, 0.15) is 35.5 Å². The van der Waals surface area contributed by atoms with Crippen LogP contribution in [0.15, 0.2) is 59.1 Å². The van der Waals surface area contributed by atoms with Crippen molar-refractivity contribution in [1.82, 2.24) is 10.5 Å². The molecule has 3 aromatic rings. The minimum atomic E-state index is -4.47. The molecule has 0 saturated carbocycles. The number of rotatable bonds is 8. The van der Waals surface area contributed by atoms with Gasteiger partial charge in [-0.25, -0.2) is 4.79 Å². The van der Waals surface area contributed by atoms with Crippen LogP contribution in [0.25, 0.3) is 11.3 Å². The van der Waals surface area contributed by atoms with Crippen molar-refractivity contribution < 1.29 is 36.8 Å². The van der Waals surface area contributed by atoms with E-state index >= 15 is 0 Å². The molecule has 1 unspecified atom stereocenters. The Morgan fingerprint density at radius 1 is 1.09 bits per heavy atom. The molecule has 0 saturated heterocycles. The van der Waals surface area contributed by atoms with Gasteiger partial charge in [-0.05, 0) is 36.2 Å². The zero-order valence-electron chi connectivity index (χ0n) is 18.7. The Morgan fingerprint density at radius 2 is 1.76 bits per heavy atom. The van der Waals surface area contributed by atoms with Crippen molar-refractivity contribution in [3.05, 3.63) is 71.5 Å². The second-order valence-electron chi connectivity index (χ2n) is 7.76. The molecule has 1 N–H and O–H groups in total. The van der Waals surface area contributed by atoms with Crippen molar-refractivity contribution in [3.8, 4) is 17.0 Å². The zero-order chi connectivity index (χ0) is 24.9. The van der Waals surface area contributed by atoms with E-state index in [2.05, 4.69) is 10.5 Å². The molecule has 0 aliphatic carbocycles. The van der Waals surface area contributed by atoms with Crippen molar-refractivity contribution >= 4 is 11.9 Å². The lowest BCUT2D eigenvalue weighted by Crippen LogP contribution is -2.44. The average Bonchev–Trinajstić information content (AvgIpc) is 3.31. The van der Waals surface area contributed by atoms with Gasteiger partial charge < -0.3 is 19.3 Å². The fraction of sp³-hybridized carbons (Fsp3) is 0.292. The molecule has 0 radical (unpaired) electrons. The third-order valence-corrected chi connectivity index (χ3v) is 5.01. The summed E-state index contributed by atoms with van der Waals surface area (Å²) < 4.78 is 54.7. The molecule has 0 aliphatic rings. The maximum Gasteiger partial charge on any atom is 0.416 e. The molecular weight excluding hydrogens is 453 g/mol. The molecule has 1 heterocycles. The largest absolute Gasteiger partial charge is 0.489 e. The number of nitrogens with zero attached hydrogens (tertiary/aromatic N) is 1. The standard InChI is InChI=1S/C24H23F3N2O5/c1-14(2)21(23(31)32-3)28-22(30)20-12-19(29-34-20)15-8-10-17(11-9-15)33-13-16-6-4-5-7-18(16)24(25,26)27/h4-12,14,21H,13H2,1-3H3,(H,28,30). The van der Waals surface area contributed by atoms with Crippen molar-refractivity contribution in [1.29, 1.82) is 0 Å². The summed E-state index contributed by atoms with van der Waals surface area (Å²) in [4.78, 5) is 24.3. The number of aromatic nitrogens is 1. The number of amides is 1. The molecule has 1 amide bonds. The minimum absolute atomic E-state index is 0.0258. The van der Waals surface area contributed by atoms with E-state index in [1.807, 2.05) is 0 Å². The quantitative estimate of drug-likeness (QED) is 0.467. The van der Waals surface area contributed by atoms with Crippen LogP contribution in [0, 0.1) is 5.92 Å². The van der Waals surface area contributed by atoms with Crippen LogP contribution in [-0.4, -0.2) is 30.2 Å². The summed E-state index contributed by atoms with van der Waals surface area (Å²) in [6.45, 7) is 3.28. The van der Waals surface area contributed by atoms with Crippen molar-refractivity contribution in [2.45, 2.75) is 32.7 Å². The molecule has 7 nitrogen and oxygen atoms in total. The topological polar surface area (TPSA) is 90.7 Å². The van der Waals surface area contributed by atoms with Crippen LogP contribution in [0.4, 0.5) is 13.2 Å². The smallest absolute Gasteiger partial charge is 0.416 e. The second kappa shape index (κ2) is 10.4. The van der Waals surface area contributed by atoms with Gasteiger partial charge in [0.15, 0.2) is 0 Å². The van der Waals surface area contributed by atoms with E-state index in [0.29, 0.717) is 17.0 Å². The van der Waals surface area contributed by atoms with Crippen molar-refractivity contribution in [2.75, 3.05) is 7.11 Å². The second-order valence-corrected chi connectivity index (χ2v) is 7.76. The first-order valence-electron chi connectivity index (χ1n) is 10.3. The highest BCUT2D eigenvalue weighted by molar-refractivity contribution is 5.95. The molecule has 0 aliphatic heterocycles. The summed E-state index contributed by atoms with van der Waals surface area (Å²) >= 11 is 0. The highest BCUT2D eigenvalue weighted by atomic mass is 19.4. The molecule has 2 aromatic carbocycles. The monoisotopic (exact) mass is 476 g/mol. The van der Waals surface area contributed by atoms with E-state index in [4.69, 9.17) is 14.0 Å². The summed E-state index contributed by atoms with van der Waals surface area (Å²) in [7, 11) is 1.24. The number of hydrogen-bond donors (Lipinski definition) is 1. The molecular formula is C24H23F3N2O5. The number of benzene rings is 2. The first kappa shape index (κ1) is 24.8. The van der Waals surface area contributed by atoms with Crippen LogP contribution in [-0.2, 0) is 22.3 Å². The van der Waals surface area contributed by atoms with Gasteiger partial charge in [-0.1, -0.05) is 37.2 Å². The highest BCUT2D eigenvalue weighted by Gasteiger charge is 2.33. The molecule has 10 heteroatoms. The van der Waals surface area contributed by atoms with E-state index in [-0.39, 0.29) is 23.8 Å². The van der Waals surface area contributed by atoms with Gasteiger partial charge in [0.05, 0.1) is 12.7 Å². The van der Waals surface area contributed by atoms with E-state index < -0.39 is 29.7 Å². The zero-order valence-corrected chi connectivity index (χ0v) is 18.7. The van der Waals surface area contributed by atoms with Crippen LogP contribution in [0.3, 0.4) is 0 Å². The third kappa shape index (κ3) is 5.94. The molecule has 34 heavy (non-hydrogen) atoms. The maximum absolute atomic E-state index is 13.1. The van der Waals surface area contributed by atoms with Crippen molar-refractivity contribution in [2.24, 2.45) is 5.92 Å². The van der Waals surface area contributed by atoms with E-state index in [0.717, 1.165) is 6.07 Å². The summed E-state index contributed by atoms with van der Waals surface area (Å²) in [5, 5.41) is 6.43. The molecule has 0 spiro atoms. The fourth-order valence-electron chi connectivity index (χ4n) is 3.16. The predicted octanol–water partition coefficient (Wildman–Crippen LogP) is 4.87. The first-order chi connectivity index (χ1) is 16.1. The normalized spacial score (nSPS) is 12.3. The minimum Gasteiger partial charge on any atom is -0.489 e. The number of ether oxygens (including phenoxy) is 2. The Morgan fingerprint density at radius 3 is 2.38 bits per heavy atom. The molecule has 3 rings (SSSR count). The van der Waals surface area contributed by atoms with Gasteiger partial charge in [0.25, 0.3) is 5.91 Å². The number of carbonyl (C=O) groups is 2. The highest BCUT2D eigenvalue weighted by Crippen LogP contribution is 2.32. The van der Waals surface area contributed by atoms with Gasteiger partial charge in [0, 0.05) is 17.2 Å². The van der Waals surface area contributed by atoms with E-state index in [9.17, 15) is 22.8 Å². The lowest BCUT2D eigenvalue weighted by atomic mass is 10.0. The maximum atomic E-state index is 13.1. The molecule has 1 aromatic heterocycles.